The van der Waals surface area contributed by atoms with Crippen LogP contribution < -0.4 is 5.32 Å². The predicted octanol–water partition coefficient (Wildman–Crippen LogP) is 2.11. The summed E-state index contributed by atoms with van der Waals surface area (Å²) in [4.78, 5) is 16.3. The van der Waals surface area contributed by atoms with E-state index in [0.29, 0.717) is 24.1 Å². The topological polar surface area (TPSA) is 62.2 Å². The zero-order valence-electron chi connectivity index (χ0n) is 12.4. The normalized spacial score (nSPS) is 12.0. The van der Waals surface area contributed by atoms with Crippen molar-refractivity contribution in [3.63, 3.8) is 0 Å². The Morgan fingerprint density at radius 2 is 2.18 bits per heavy atom. The van der Waals surface area contributed by atoms with Gasteiger partial charge in [-0.2, -0.15) is 0 Å². The van der Waals surface area contributed by atoms with Gasteiger partial charge in [0.15, 0.2) is 0 Å². The zero-order chi connectivity index (χ0) is 15.9. The number of aryl methyl sites for hydroxylation is 1. The van der Waals surface area contributed by atoms with Gasteiger partial charge < -0.3 is 10.4 Å². The second-order valence-electron chi connectivity index (χ2n) is 5.24. The van der Waals surface area contributed by atoms with E-state index in [1.807, 2.05) is 18.2 Å². The van der Waals surface area contributed by atoms with Gasteiger partial charge in [0.1, 0.15) is 5.82 Å². The number of aliphatic hydroxyl groups is 1. The summed E-state index contributed by atoms with van der Waals surface area (Å²) in [5, 5.41) is 12.2. The van der Waals surface area contributed by atoms with Crippen molar-refractivity contribution in [2.75, 3.05) is 13.2 Å². The summed E-state index contributed by atoms with van der Waals surface area (Å²) < 4.78 is 13.1. The number of nitrogens with one attached hydrogen (secondary N) is 1. The van der Waals surface area contributed by atoms with E-state index in [9.17, 15) is 14.3 Å². The molecule has 2 N–H and O–H groups in total. The van der Waals surface area contributed by atoms with Crippen LogP contribution in [0.2, 0.25) is 0 Å². The van der Waals surface area contributed by atoms with Crippen molar-refractivity contribution in [1.29, 1.82) is 0 Å². The van der Waals surface area contributed by atoms with Gasteiger partial charge >= 0.3 is 0 Å². The molecule has 0 saturated heterocycles. The summed E-state index contributed by atoms with van der Waals surface area (Å²) >= 11 is 0. The van der Waals surface area contributed by atoms with E-state index in [-0.39, 0.29) is 24.2 Å². The highest BCUT2D eigenvalue weighted by molar-refractivity contribution is 5.95. The standard InChI is InChI=1S/C17H19FN2O2/c1-12-8-14(18)5-6-16(12)17(22)20-10-13(11-21)9-15-4-2-3-7-19-15/h2-8,13,21H,9-11H2,1H3,(H,20,22). The Morgan fingerprint density at radius 1 is 1.36 bits per heavy atom. The van der Waals surface area contributed by atoms with Gasteiger partial charge in [-0.05, 0) is 49.2 Å². The third-order valence-corrected chi connectivity index (χ3v) is 3.47. The van der Waals surface area contributed by atoms with Crippen molar-refractivity contribution in [3.8, 4) is 0 Å². The average molecular weight is 302 g/mol. The molecule has 22 heavy (non-hydrogen) atoms. The molecule has 1 unspecified atom stereocenters. The molecule has 5 heteroatoms. The molecule has 1 atom stereocenters. The van der Waals surface area contributed by atoms with Crippen molar-refractivity contribution >= 4 is 5.91 Å². The Balaban J connectivity index is 1.94. The van der Waals surface area contributed by atoms with Crippen molar-refractivity contribution in [2.24, 2.45) is 5.92 Å². The number of rotatable bonds is 6. The van der Waals surface area contributed by atoms with Crippen LogP contribution in [0.4, 0.5) is 4.39 Å². The van der Waals surface area contributed by atoms with Gasteiger partial charge in [0, 0.05) is 36.5 Å². The quantitative estimate of drug-likeness (QED) is 0.859. The Labute approximate surface area is 129 Å². The molecule has 0 fully saturated rings. The number of carbonyl (C=O) groups excluding carboxylic acids is 1. The van der Waals surface area contributed by atoms with Gasteiger partial charge in [-0.25, -0.2) is 4.39 Å². The molecule has 1 aromatic carbocycles. The Morgan fingerprint density at radius 3 is 2.82 bits per heavy atom. The molecular weight excluding hydrogens is 283 g/mol. The fourth-order valence-corrected chi connectivity index (χ4v) is 2.23. The number of nitrogens with zero attached hydrogens (tertiary/aromatic N) is 1. The molecule has 2 aromatic rings. The molecule has 1 amide bonds. The maximum absolute atomic E-state index is 13.1. The van der Waals surface area contributed by atoms with E-state index in [0.717, 1.165) is 5.69 Å². The first-order chi connectivity index (χ1) is 10.6. The van der Waals surface area contributed by atoms with Crippen molar-refractivity contribution < 1.29 is 14.3 Å². The molecule has 116 valence electrons. The van der Waals surface area contributed by atoms with Crippen LogP contribution in [0.15, 0.2) is 42.6 Å². The average Bonchev–Trinajstić information content (AvgIpc) is 2.52. The minimum atomic E-state index is -0.363. The number of amides is 1. The van der Waals surface area contributed by atoms with Crippen molar-refractivity contribution in [1.82, 2.24) is 10.3 Å². The van der Waals surface area contributed by atoms with E-state index in [4.69, 9.17) is 0 Å². The van der Waals surface area contributed by atoms with E-state index < -0.39 is 0 Å². The number of aliphatic hydroxyl groups excluding tert-OH is 1. The SMILES string of the molecule is Cc1cc(F)ccc1C(=O)NCC(CO)Cc1ccccn1. The first kappa shape index (κ1) is 16.1. The molecule has 4 nitrogen and oxygen atoms in total. The van der Waals surface area contributed by atoms with Gasteiger partial charge in [-0.15, -0.1) is 0 Å². The van der Waals surface area contributed by atoms with Crippen LogP contribution in [0.3, 0.4) is 0 Å². The number of carbonyl (C=O) groups is 1. The van der Waals surface area contributed by atoms with Crippen molar-refractivity contribution in [3.05, 3.63) is 65.2 Å². The maximum atomic E-state index is 13.1. The van der Waals surface area contributed by atoms with Crippen LogP contribution >= 0.6 is 0 Å². The van der Waals surface area contributed by atoms with Gasteiger partial charge in [-0.3, -0.25) is 9.78 Å². The summed E-state index contributed by atoms with van der Waals surface area (Å²) in [6.07, 6.45) is 2.28. The summed E-state index contributed by atoms with van der Waals surface area (Å²) in [5.41, 5.74) is 1.90. The zero-order valence-corrected chi connectivity index (χ0v) is 12.4. The number of benzene rings is 1. The largest absolute Gasteiger partial charge is 0.396 e. The third-order valence-electron chi connectivity index (χ3n) is 3.47. The van der Waals surface area contributed by atoms with E-state index in [2.05, 4.69) is 10.3 Å². The monoisotopic (exact) mass is 302 g/mol. The van der Waals surface area contributed by atoms with E-state index in [1.54, 1.807) is 13.1 Å². The highest BCUT2D eigenvalue weighted by atomic mass is 19.1. The number of aromatic nitrogens is 1. The maximum Gasteiger partial charge on any atom is 0.251 e. The molecule has 1 heterocycles. The van der Waals surface area contributed by atoms with Gasteiger partial charge in [0.25, 0.3) is 5.91 Å². The number of hydrogen-bond donors (Lipinski definition) is 2. The highest BCUT2D eigenvalue weighted by Gasteiger charge is 2.14. The lowest BCUT2D eigenvalue weighted by Gasteiger charge is -2.15. The van der Waals surface area contributed by atoms with Crippen molar-refractivity contribution in [2.45, 2.75) is 13.3 Å². The summed E-state index contributed by atoms with van der Waals surface area (Å²) in [5.74, 6) is -0.742. The lowest BCUT2D eigenvalue weighted by atomic mass is 10.0. The molecule has 2 rings (SSSR count). The van der Waals surface area contributed by atoms with Crippen LogP contribution in [-0.2, 0) is 6.42 Å². The fraction of sp³-hybridized carbons (Fsp3) is 0.294. The number of pyridine rings is 1. The van der Waals surface area contributed by atoms with Gasteiger partial charge in [-0.1, -0.05) is 6.07 Å². The molecular formula is C17H19FN2O2. The highest BCUT2D eigenvalue weighted by Crippen LogP contribution is 2.11. The van der Waals surface area contributed by atoms with Crippen LogP contribution in [0.1, 0.15) is 21.6 Å². The molecule has 0 radical (unpaired) electrons. The Kier molecular flexibility index (Phi) is 5.61. The molecule has 0 aliphatic heterocycles. The third kappa shape index (κ3) is 4.36. The second kappa shape index (κ2) is 7.66. The second-order valence-corrected chi connectivity index (χ2v) is 5.24. The summed E-state index contributed by atoms with van der Waals surface area (Å²) in [6, 6.07) is 9.65. The van der Waals surface area contributed by atoms with Gasteiger partial charge in [0.05, 0.1) is 0 Å². The molecule has 1 aromatic heterocycles. The smallest absolute Gasteiger partial charge is 0.251 e. The lowest BCUT2D eigenvalue weighted by molar-refractivity contribution is 0.0939. The summed E-state index contributed by atoms with van der Waals surface area (Å²) in [6.45, 7) is 1.98. The predicted molar refractivity (Wildman–Crippen MR) is 82.0 cm³/mol. The number of halogens is 1. The van der Waals surface area contributed by atoms with Crippen LogP contribution in [0.25, 0.3) is 0 Å². The first-order valence-electron chi connectivity index (χ1n) is 7.15. The first-order valence-corrected chi connectivity index (χ1v) is 7.15. The molecule has 0 saturated carbocycles. The number of hydrogen-bond acceptors (Lipinski definition) is 3. The lowest BCUT2D eigenvalue weighted by Crippen LogP contribution is -2.32. The Hall–Kier alpha value is -2.27. The minimum absolute atomic E-state index is 0.0424. The fourth-order valence-electron chi connectivity index (χ4n) is 2.23. The molecule has 0 aliphatic rings. The summed E-state index contributed by atoms with van der Waals surface area (Å²) in [7, 11) is 0. The molecule has 0 aliphatic carbocycles. The van der Waals surface area contributed by atoms with Crippen LogP contribution in [0, 0.1) is 18.7 Å². The Bertz CT molecular complexity index is 632. The van der Waals surface area contributed by atoms with Crippen LogP contribution in [-0.4, -0.2) is 29.1 Å². The molecule has 0 spiro atoms. The molecule has 0 bridgehead atoms. The van der Waals surface area contributed by atoms with Crippen LogP contribution in [0.5, 0.6) is 0 Å². The van der Waals surface area contributed by atoms with E-state index in [1.165, 1.54) is 18.2 Å². The van der Waals surface area contributed by atoms with Gasteiger partial charge in [0.2, 0.25) is 0 Å². The minimum Gasteiger partial charge on any atom is -0.396 e. The van der Waals surface area contributed by atoms with E-state index >= 15 is 0 Å².